The highest BCUT2D eigenvalue weighted by Crippen LogP contribution is 2.26. The first-order valence-electron chi connectivity index (χ1n) is 9.94. The van der Waals surface area contributed by atoms with Gasteiger partial charge in [0.05, 0.1) is 6.26 Å². The van der Waals surface area contributed by atoms with Gasteiger partial charge in [-0.05, 0) is 41.8 Å². The van der Waals surface area contributed by atoms with Gasteiger partial charge < -0.3 is 14.6 Å². The van der Waals surface area contributed by atoms with E-state index in [0.29, 0.717) is 30.2 Å². The molecule has 0 radical (unpaired) electrons. The summed E-state index contributed by atoms with van der Waals surface area (Å²) in [7, 11) is 0. The summed E-state index contributed by atoms with van der Waals surface area (Å²) in [6.45, 7) is 1.12. The van der Waals surface area contributed by atoms with E-state index in [1.807, 2.05) is 48.5 Å². The summed E-state index contributed by atoms with van der Waals surface area (Å²) in [5, 5.41) is 5.50. The molecule has 0 spiro atoms. The molecule has 0 saturated heterocycles. The second kappa shape index (κ2) is 8.20. The van der Waals surface area contributed by atoms with Crippen molar-refractivity contribution in [3.05, 3.63) is 94.9 Å². The maximum atomic E-state index is 12.7. The number of aromatic nitrogens is 1. The van der Waals surface area contributed by atoms with Crippen molar-refractivity contribution in [2.45, 2.75) is 13.0 Å². The first-order valence-corrected chi connectivity index (χ1v) is 10.8. The summed E-state index contributed by atoms with van der Waals surface area (Å²) in [6.07, 6.45) is 2.27. The van der Waals surface area contributed by atoms with Gasteiger partial charge in [-0.15, -0.1) is 11.3 Å². The minimum absolute atomic E-state index is 0.124. The minimum atomic E-state index is -0.252. The molecule has 2 aromatic carbocycles. The Kier molecular flexibility index (Phi) is 5.09. The molecule has 1 aliphatic rings. The number of thiazole rings is 1. The molecule has 31 heavy (non-hydrogen) atoms. The highest BCUT2D eigenvalue weighted by atomic mass is 32.1. The number of hydrogen-bond acceptors (Lipinski definition) is 5. The molecule has 0 fully saturated rings. The molecule has 2 aromatic heterocycles. The van der Waals surface area contributed by atoms with Crippen molar-refractivity contribution in [1.82, 2.24) is 9.88 Å². The van der Waals surface area contributed by atoms with Crippen LogP contribution in [0.4, 0.5) is 5.69 Å². The van der Waals surface area contributed by atoms with Crippen LogP contribution in [0.2, 0.25) is 0 Å². The normalized spacial score (nSPS) is 13.0. The monoisotopic (exact) mass is 429 g/mol. The van der Waals surface area contributed by atoms with Crippen molar-refractivity contribution in [1.29, 1.82) is 0 Å². The lowest BCUT2D eigenvalue weighted by atomic mass is 9.99. The average Bonchev–Trinajstić information content (AvgIpc) is 3.51. The second-order valence-electron chi connectivity index (χ2n) is 7.30. The number of carbonyl (C=O) groups excluding carboxylic acids is 2. The summed E-state index contributed by atoms with van der Waals surface area (Å²) in [5.74, 6) is -0.0376. The molecule has 5 rings (SSSR count). The summed E-state index contributed by atoms with van der Waals surface area (Å²) in [4.78, 5) is 31.5. The van der Waals surface area contributed by atoms with Gasteiger partial charge in [0.1, 0.15) is 10.7 Å². The topological polar surface area (TPSA) is 75.4 Å². The number of nitrogens with zero attached hydrogens (tertiary/aromatic N) is 2. The number of furan rings is 1. The van der Waals surface area contributed by atoms with E-state index in [1.54, 1.807) is 22.4 Å². The number of amides is 2. The van der Waals surface area contributed by atoms with E-state index in [0.717, 1.165) is 22.6 Å². The zero-order valence-electron chi connectivity index (χ0n) is 16.6. The van der Waals surface area contributed by atoms with Gasteiger partial charge in [0, 0.05) is 29.7 Å². The Morgan fingerprint density at radius 3 is 2.71 bits per heavy atom. The van der Waals surface area contributed by atoms with Crippen LogP contribution in [0.5, 0.6) is 0 Å². The molecule has 0 atom stereocenters. The molecule has 2 amide bonds. The van der Waals surface area contributed by atoms with Gasteiger partial charge in [-0.3, -0.25) is 9.59 Å². The van der Waals surface area contributed by atoms with E-state index in [-0.39, 0.29) is 11.8 Å². The molecule has 0 unspecified atom stereocenters. The van der Waals surface area contributed by atoms with E-state index >= 15 is 0 Å². The summed E-state index contributed by atoms with van der Waals surface area (Å²) >= 11 is 1.44. The number of benzene rings is 2. The SMILES string of the molecule is O=C(Nc1ccc2c(c1)CN(C(=O)c1ccco1)CC2)c1csc(-c2ccccc2)n1. The zero-order valence-corrected chi connectivity index (χ0v) is 17.4. The van der Waals surface area contributed by atoms with Crippen LogP contribution in [-0.4, -0.2) is 28.2 Å². The Bertz CT molecular complexity index is 1230. The van der Waals surface area contributed by atoms with Crippen molar-refractivity contribution >= 4 is 28.8 Å². The standard InChI is InChI=1S/C24H19N3O3S/c28-22(20-15-31-23(26-20)17-5-2-1-3-6-17)25-19-9-8-16-10-11-27(14-18(16)13-19)24(29)21-7-4-12-30-21/h1-9,12-13,15H,10-11,14H2,(H,25,28). The zero-order chi connectivity index (χ0) is 21.2. The van der Waals surface area contributed by atoms with E-state index < -0.39 is 0 Å². The average molecular weight is 430 g/mol. The van der Waals surface area contributed by atoms with Crippen LogP contribution in [0.1, 0.15) is 32.2 Å². The van der Waals surface area contributed by atoms with Crippen LogP contribution >= 0.6 is 11.3 Å². The van der Waals surface area contributed by atoms with Gasteiger partial charge in [-0.1, -0.05) is 36.4 Å². The lowest BCUT2D eigenvalue weighted by Gasteiger charge is -2.28. The van der Waals surface area contributed by atoms with Gasteiger partial charge in [-0.25, -0.2) is 4.98 Å². The fraction of sp³-hybridized carbons (Fsp3) is 0.125. The molecular formula is C24H19N3O3S. The predicted molar refractivity (Wildman–Crippen MR) is 119 cm³/mol. The number of hydrogen-bond donors (Lipinski definition) is 1. The highest BCUT2D eigenvalue weighted by molar-refractivity contribution is 7.13. The fourth-order valence-electron chi connectivity index (χ4n) is 3.65. The molecule has 154 valence electrons. The quantitative estimate of drug-likeness (QED) is 0.503. The van der Waals surface area contributed by atoms with Crippen LogP contribution in [-0.2, 0) is 13.0 Å². The van der Waals surface area contributed by atoms with Crippen LogP contribution in [0.25, 0.3) is 10.6 Å². The van der Waals surface area contributed by atoms with Crippen molar-refractivity contribution in [3.8, 4) is 10.6 Å². The maximum Gasteiger partial charge on any atom is 0.289 e. The molecule has 1 N–H and O–H groups in total. The number of nitrogens with one attached hydrogen (secondary N) is 1. The third-order valence-electron chi connectivity index (χ3n) is 5.25. The van der Waals surface area contributed by atoms with Crippen molar-refractivity contribution < 1.29 is 14.0 Å². The van der Waals surface area contributed by atoms with Gasteiger partial charge in [0.25, 0.3) is 11.8 Å². The number of fused-ring (bicyclic) bond motifs is 1. The first-order chi connectivity index (χ1) is 15.2. The van der Waals surface area contributed by atoms with E-state index in [4.69, 9.17) is 4.42 Å². The maximum absolute atomic E-state index is 12.7. The molecule has 0 saturated carbocycles. The summed E-state index contributed by atoms with van der Waals surface area (Å²) in [5.41, 5.74) is 4.26. The molecular weight excluding hydrogens is 410 g/mol. The largest absolute Gasteiger partial charge is 0.459 e. The van der Waals surface area contributed by atoms with Gasteiger partial charge in [0.2, 0.25) is 0 Å². The molecule has 3 heterocycles. The first kappa shape index (κ1) is 19.3. The number of carbonyl (C=O) groups is 2. The van der Waals surface area contributed by atoms with Gasteiger partial charge >= 0.3 is 0 Å². The molecule has 0 aliphatic carbocycles. The summed E-state index contributed by atoms with van der Waals surface area (Å²) < 4.78 is 5.24. The lowest BCUT2D eigenvalue weighted by Crippen LogP contribution is -2.35. The Morgan fingerprint density at radius 2 is 1.90 bits per heavy atom. The van der Waals surface area contributed by atoms with Crippen LogP contribution in [0.15, 0.2) is 76.7 Å². The third-order valence-corrected chi connectivity index (χ3v) is 6.14. The Morgan fingerprint density at radius 1 is 1.03 bits per heavy atom. The number of rotatable bonds is 4. The van der Waals surface area contributed by atoms with Crippen LogP contribution < -0.4 is 5.32 Å². The summed E-state index contributed by atoms with van der Waals surface area (Å²) in [6, 6.07) is 19.0. The van der Waals surface area contributed by atoms with Gasteiger partial charge in [0.15, 0.2) is 5.76 Å². The lowest BCUT2D eigenvalue weighted by molar-refractivity contribution is 0.0702. The molecule has 7 heteroatoms. The Hall–Kier alpha value is -3.71. The molecule has 1 aliphatic heterocycles. The van der Waals surface area contributed by atoms with Crippen molar-refractivity contribution in [3.63, 3.8) is 0 Å². The van der Waals surface area contributed by atoms with Crippen molar-refractivity contribution in [2.24, 2.45) is 0 Å². The van der Waals surface area contributed by atoms with E-state index in [1.165, 1.54) is 23.2 Å². The highest BCUT2D eigenvalue weighted by Gasteiger charge is 2.24. The Balaban J connectivity index is 1.30. The van der Waals surface area contributed by atoms with Gasteiger partial charge in [-0.2, -0.15) is 0 Å². The molecule has 6 nitrogen and oxygen atoms in total. The van der Waals surface area contributed by atoms with E-state index in [9.17, 15) is 9.59 Å². The smallest absolute Gasteiger partial charge is 0.289 e. The third kappa shape index (κ3) is 4.00. The predicted octanol–water partition coefficient (Wildman–Crippen LogP) is 4.85. The molecule has 0 bridgehead atoms. The van der Waals surface area contributed by atoms with Crippen LogP contribution in [0.3, 0.4) is 0 Å². The Labute approximate surface area is 183 Å². The second-order valence-corrected chi connectivity index (χ2v) is 8.15. The van der Waals surface area contributed by atoms with Crippen LogP contribution in [0, 0.1) is 0 Å². The molecule has 4 aromatic rings. The van der Waals surface area contributed by atoms with Crippen molar-refractivity contribution in [2.75, 3.05) is 11.9 Å². The fourth-order valence-corrected chi connectivity index (χ4v) is 4.46. The number of anilines is 1. The van der Waals surface area contributed by atoms with E-state index in [2.05, 4.69) is 10.3 Å². The minimum Gasteiger partial charge on any atom is -0.459 e.